The average Bonchev–Trinajstić information content (AvgIpc) is 2.90. The van der Waals surface area contributed by atoms with E-state index in [1.165, 1.54) is 6.07 Å². The van der Waals surface area contributed by atoms with Crippen molar-refractivity contribution in [3.8, 4) is 17.0 Å². The quantitative estimate of drug-likeness (QED) is 0.749. The van der Waals surface area contributed by atoms with Crippen molar-refractivity contribution < 1.29 is 9.90 Å². The molecule has 2 heterocycles. The van der Waals surface area contributed by atoms with Crippen LogP contribution in [0.1, 0.15) is 15.9 Å². The topological polar surface area (TPSA) is 55.1 Å². The van der Waals surface area contributed by atoms with E-state index in [1.807, 2.05) is 29.8 Å². The molecule has 3 aromatic rings. The Kier molecular flexibility index (Phi) is 3.28. The second kappa shape index (κ2) is 5.25. The molecule has 3 rings (SSSR count). The highest BCUT2D eigenvalue weighted by molar-refractivity contribution is 6.11. The Morgan fingerprint density at radius 3 is 2.57 bits per heavy atom. The van der Waals surface area contributed by atoms with Gasteiger partial charge in [0.1, 0.15) is 5.75 Å². The molecule has 0 atom stereocenters. The molecule has 0 spiro atoms. The van der Waals surface area contributed by atoms with Gasteiger partial charge in [0, 0.05) is 42.5 Å². The molecular weight excluding hydrogens is 264 g/mol. The van der Waals surface area contributed by atoms with E-state index in [9.17, 15) is 9.90 Å². The summed E-state index contributed by atoms with van der Waals surface area (Å²) in [5, 5.41) is 9.80. The molecule has 1 N–H and O–H groups in total. The Labute approximate surface area is 122 Å². The summed E-state index contributed by atoms with van der Waals surface area (Å²) in [5.74, 6) is -0.194. The van der Waals surface area contributed by atoms with Gasteiger partial charge >= 0.3 is 0 Å². The Balaban J connectivity index is 2.02. The lowest BCUT2D eigenvalue weighted by atomic mass is 10.0. The van der Waals surface area contributed by atoms with Crippen molar-refractivity contribution >= 4 is 5.78 Å². The number of hydrogen-bond acceptors (Lipinski definition) is 3. The van der Waals surface area contributed by atoms with Crippen LogP contribution in [0.3, 0.4) is 0 Å². The minimum atomic E-state index is -0.191. The maximum atomic E-state index is 12.5. The Morgan fingerprint density at radius 1 is 1.14 bits per heavy atom. The molecule has 0 aliphatic rings. The first kappa shape index (κ1) is 13.1. The fourth-order valence-corrected chi connectivity index (χ4v) is 2.32. The van der Waals surface area contributed by atoms with Crippen LogP contribution >= 0.6 is 0 Å². The number of phenolic OH excluding ortho intramolecular Hbond substituents is 1. The molecule has 21 heavy (non-hydrogen) atoms. The highest BCUT2D eigenvalue weighted by Gasteiger charge is 2.16. The number of aromatic nitrogens is 2. The van der Waals surface area contributed by atoms with Crippen LogP contribution in [0.2, 0.25) is 0 Å². The number of hydrogen-bond donors (Lipinski definition) is 1. The number of benzene rings is 1. The van der Waals surface area contributed by atoms with Gasteiger partial charge in [-0.25, -0.2) is 0 Å². The van der Waals surface area contributed by atoms with Gasteiger partial charge in [-0.15, -0.1) is 0 Å². The zero-order chi connectivity index (χ0) is 14.8. The Hall–Kier alpha value is -2.88. The van der Waals surface area contributed by atoms with Crippen LogP contribution in [-0.2, 0) is 7.05 Å². The number of ketones is 1. The van der Waals surface area contributed by atoms with Crippen LogP contribution in [0.15, 0.2) is 61.1 Å². The molecule has 4 heteroatoms. The zero-order valence-corrected chi connectivity index (χ0v) is 11.5. The summed E-state index contributed by atoms with van der Waals surface area (Å²) in [5.41, 5.74) is 2.77. The van der Waals surface area contributed by atoms with Gasteiger partial charge in [-0.2, -0.15) is 0 Å². The van der Waals surface area contributed by atoms with E-state index in [4.69, 9.17) is 0 Å². The Bertz CT molecular complexity index is 792. The molecule has 0 amide bonds. The van der Waals surface area contributed by atoms with Gasteiger partial charge in [0.2, 0.25) is 0 Å². The molecule has 0 fully saturated rings. The van der Waals surface area contributed by atoms with Crippen molar-refractivity contribution in [3.63, 3.8) is 0 Å². The molecular formula is C17H14N2O2. The van der Waals surface area contributed by atoms with Crippen LogP contribution in [0.5, 0.6) is 5.75 Å². The number of aromatic hydroxyl groups is 1. The van der Waals surface area contributed by atoms with Crippen LogP contribution < -0.4 is 0 Å². The number of aryl methyl sites for hydroxylation is 1. The monoisotopic (exact) mass is 278 g/mol. The lowest BCUT2D eigenvalue weighted by Crippen LogP contribution is -2.00. The average molecular weight is 278 g/mol. The van der Waals surface area contributed by atoms with Crippen LogP contribution in [0.25, 0.3) is 11.3 Å². The summed E-state index contributed by atoms with van der Waals surface area (Å²) in [6.45, 7) is 0. The fraction of sp³-hybridized carbons (Fsp3) is 0.0588. The fourth-order valence-electron chi connectivity index (χ4n) is 2.32. The number of nitrogens with zero attached hydrogens (tertiary/aromatic N) is 2. The molecule has 0 aliphatic carbocycles. The zero-order valence-electron chi connectivity index (χ0n) is 11.5. The van der Waals surface area contributed by atoms with Gasteiger partial charge in [0.05, 0.1) is 5.56 Å². The summed E-state index contributed by atoms with van der Waals surface area (Å²) in [7, 11) is 1.89. The van der Waals surface area contributed by atoms with E-state index >= 15 is 0 Å². The standard InChI is InChI=1S/C17H14N2O2/c1-19-11-13(10-15(19)12-6-8-18-9-7-12)17(21)14-4-2-3-5-16(14)20/h2-11,20H,1H3. The second-order valence-electron chi connectivity index (χ2n) is 4.81. The highest BCUT2D eigenvalue weighted by Crippen LogP contribution is 2.25. The van der Waals surface area contributed by atoms with E-state index in [-0.39, 0.29) is 11.5 Å². The summed E-state index contributed by atoms with van der Waals surface area (Å²) < 4.78 is 1.89. The number of para-hydroxylation sites is 1. The maximum Gasteiger partial charge on any atom is 0.198 e. The van der Waals surface area contributed by atoms with Crippen LogP contribution in [0.4, 0.5) is 0 Å². The highest BCUT2D eigenvalue weighted by atomic mass is 16.3. The minimum absolute atomic E-state index is 0.00295. The van der Waals surface area contributed by atoms with Crippen molar-refractivity contribution in [2.24, 2.45) is 7.05 Å². The molecule has 2 aromatic heterocycles. The third-order valence-corrected chi connectivity index (χ3v) is 3.39. The van der Waals surface area contributed by atoms with E-state index < -0.39 is 0 Å². The van der Waals surface area contributed by atoms with Gasteiger partial charge in [-0.3, -0.25) is 9.78 Å². The number of carbonyl (C=O) groups excluding carboxylic acids is 1. The van der Waals surface area contributed by atoms with Gasteiger partial charge in [0.15, 0.2) is 5.78 Å². The molecule has 0 saturated heterocycles. The number of pyridine rings is 1. The van der Waals surface area contributed by atoms with Gasteiger partial charge in [-0.1, -0.05) is 12.1 Å². The lowest BCUT2D eigenvalue weighted by molar-refractivity contribution is 0.103. The molecule has 104 valence electrons. The normalized spacial score (nSPS) is 10.5. The van der Waals surface area contributed by atoms with Crippen LogP contribution in [0, 0.1) is 0 Å². The maximum absolute atomic E-state index is 12.5. The summed E-state index contributed by atoms with van der Waals surface area (Å²) in [6, 6.07) is 12.2. The molecule has 0 aliphatic heterocycles. The third kappa shape index (κ3) is 2.43. The van der Waals surface area contributed by atoms with E-state index in [1.54, 1.807) is 36.8 Å². The van der Waals surface area contributed by atoms with Crippen molar-refractivity contribution in [2.75, 3.05) is 0 Å². The van der Waals surface area contributed by atoms with Crippen molar-refractivity contribution in [1.29, 1.82) is 0 Å². The number of carbonyl (C=O) groups is 1. The smallest absolute Gasteiger partial charge is 0.198 e. The predicted molar refractivity (Wildman–Crippen MR) is 80.2 cm³/mol. The van der Waals surface area contributed by atoms with Gasteiger partial charge in [-0.05, 0) is 30.3 Å². The largest absolute Gasteiger partial charge is 0.507 e. The molecule has 0 unspecified atom stereocenters. The predicted octanol–water partition coefficient (Wildman–Crippen LogP) is 3.02. The summed E-state index contributed by atoms with van der Waals surface area (Å²) in [6.07, 6.45) is 5.20. The van der Waals surface area contributed by atoms with E-state index in [0.717, 1.165) is 11.3 Å². The Morgan fingerprint density at radius 2 is 1.86 bits per heavy atom. The van der Waals surface area contributed by atoms with Gasteiger partial charge in [0.25, 0.3) is 0 Å². The first-order valence-electron chi connectivity index (χ1n) is 6.56. The van der Waals surface area contributed by atoms with Gasteiger partial charge < -0.3 is 9.67 Å². The molecule has 1 aromatic carbocycles. The summed E-state index contributed by atoms with van der Waals surface area (Å²) in [4.78, 5) is 16.5. The van der Waals surface area contributed by atoms with Crippen molar-refractivity contribution in [1.82, 2.24) is 9.55 Å². The molecule has 0 radical (unpaired) electrons. The number of rotatable bonds is 3. The third-order valence-electron chi connectivity index (χ3n) is 3.39. The van der Waals surface area contributed by atoms with Crippen molar-refractivity contribution in [2.45, 2.75) is 0 Å². The number of phenols is 1. The SMILES string of the molecule is Cn1cc(C(=O)c2ccccc2O)cc1-c1ccncc1. The van der Waals surface area contributed by atoms with Crippen molar-refractivity contribution in [3.05, 3.63) is 72.2 Å². The van der Waals surface area contributed by atoms with Crippen LogP contribution in [-0.4, -0.2) is 20.4 Å². The van der Waals surface area contributed by atoms with E-state index in [2.05, 4.69) is 4.98 Å². The molecule has 0 saturated carbocycles. The minimum Gasteiger partial charge on any atom is -0.507 e. The second-order valence-corrected chi connectivity index (χ2v) is 4.81. The van der Waals surface area contributed by atoms with E-state index in [0.29, 0.717) is 11.1 Å². The lowest BCUT2D eigenvalue weighted by Gasteiger charge is -2.01. The molecule has 0 bridgehead atoms. The first-order valence-corrected chi connectivity index (χ1v) is 6.56. The molecule has 4 nitrogen and oxygen atoms in total. The summed E-state index contributed by atoms with van der Waals surface area (Å²) >= 11 is 0. The first-order chi connectivity index (χ1) is 10.2.